The lowest BCUT2D eigenvalue weighted by Crippen LogP contribution is -2.24. The Morgan fingerprint density at radius 2 is 2.06 bits per heavy atom. The lowest BCUT2D eigenvalue weighted by atomic mass is 10.3. The van der Waals surface area contributed by atoms with Crippen LogP contribution in [0.4, 0.5) is 5.82 Å². The van der Waals surface area contributed by atoms with E-state index in [0.29, 0.717) is 29.2 Å². The number of hydrogen-bond acceptors (Lipinski definition) is 6. The van der Waals surface area contributed by atoms with Gasteiger partial charge in [-0.3, -0.25) is 14.6 Å². The summed E-state index contributed by atoms with van der Waals surface area (Å²) in [5.41, 5.74) is 2.29. The van der Waals surface area contributed by atoms with Crippen molar-refractivity contribution in [2.75, 3.05) is 19.0 Å². The Balaban J connectivity index is 1.38. The molecule has 0 unspecified atom stereocenters. The number of hydrogen-bond donors (Lipinski definition) is 2. The third kappa shape index (κ3) is 3.90. The molecule has 9 nitrogen and oxygen atoms in total. The predicted octanol–water partition coefficient (Wildman–Crippen LogP) is 2.35. The predicted molar refractivity (Wildman–Crippen MR) is 113 cm³/mol. The van der Waals surface area contributed by atoms with Crippen LogP contribution in [0, 0.1) is 0 Å². The summed E-state index contributed by atoms with van der Waals surface area (Å²) in [5, 5.41) is 7.46. The number of aryl methyl sites for hydroxylation is 1. The molecule has 2 heterocycles. The van der Waals surface area contributed by atoms with Crippen molar-refractivity contribution in [3.8, 4) is 17.4 Å². The Hall–Kier alpha value is -3.62. The second-order valence-corrected chi connectivity index (χ2v) is 7.80. The number of aromatic amines is 1. The van der Waals surface area contributed by atoms with Crippen LogP contribution >= 0.6 is 0 Å². The van der Waals surface area contributed by atoms with Gasteiger partial charge in [-0.05, 0) is 44.2 Å². The summed E-state index contributed by atoms with van der Waals surface area (Å²) < 4.78 is 12.4. The highest BCUT2D eigenvalue weighted by molar-refractivity contribution is 5.91. The maximum Gasteiger partial charge on any atom is 0.263 e. The summed E-state index contributed by atoms with van der Waals surface area (Å²) in [4.78, 5) is 32.5. The van der Waals surface area contributed by atoms with Crippen molar-refractivity contribution in [3.63, 3.8) is 0 Å². The Bertz CT molecular complexity index is 1190. The molecular formula is C22H23N5O4. The number of rotatable bonds is 7. The lowest BCUT2D eigenvalue weighted by molar-refractivity contribution is -0.118. The lowest BCUT2D eigenvalue weighted by Gasteiger charge is -2.11. The Kier molecular flexibility index (Phi) is 4.93. The second kappa shape index (κ2) is 7.90. The van der Waals surface area contributed by atoms with Crippen molar-refractivity contribution in [1.82, 2.24) is 19.7 Å². The van der Waals surface area contributed by atoms with Crippen LogP contribution in [0.15, 0.2) is 35.1 Å². The molecule has 0 spiro atoms. The molecule has 0 atom stereocenters. The number of para-hydroxylation sites is 2. The first kappa shape index (κ1) is 19.3. The minimum atomic E-state index is -0.349. The van der Waals surface area contributed by atoms with Gasteiger partial charge in [-0.1, -0.05) is 12.1 Å². The first-order chi connectivity index (χ1) is 15.1. The van der Waals surface area contributed by atoms with E-state index in [1.165, 1.54) is 4.68 Å². The molecule has 1 saturated carbocycles. The van der Waals surface area contributed by atoms with Gasteiger partial charge >= 0.3 is 0 Å². The number of ether oxygens (including phenoxy) is 2. The average molecular weight is 421 g/mol. The number of amides is 1. The van der Waals surface area contributed by atoms with Gasteiger partial charge in [0.1, 0.15) is 5.82 Å². The zero-order valence-electron chi connectivity index (χ0n) is 17.2. The molecule has 2 N–H and O–H groups in total. The third-order valence-corrected chi connectivity index (χ3v) is 5.55. The van der Waals surface area contributed by atoms with Crippen LogP contribution in [0.25, 0.3) is 5.95 Å². The zero-order valence-corrected chi connectivity index (χ0v) is 17.2. The fourth-order valence-electron chi connectivity index (χ4n) is 3.82. The fraction of sp³-hybridized carbons (Fsp3) is 0.364. The highest BCUT2D eigenvalue weighted by Gasteiger charge is 2.29. The van der Waals surface area contributed by atoms with E-state index >= 15 is 0 Å². The standard InChI is InChI=1S/C22H23N5O4/c1-30-17-7-2-3-8-18(17)31-12-20(28)24-19-11-16(13-9-10-13)26-27(19)22-23-15-6-4-5-14(15)21(29)25-22/h2-3,7-8,11,13H,4-6,9-10,12H2,1H3,(H,24,28)(H,23,25,29). The average Bonchev–Trinajstić information content (AvgIpc) is 3.36. The normalized spacial score (nSPS) is 14.9. The number of carbonyl (C=O) groups is 1. The van der Waals surface area contributed by atoms with E-state index in [9.17, 15) is 9.59 Å². The molecule has 2 aliphatic carbocycles. The molecule has 2 aliphatic rings. The zero-order chi connectivity index (χ0) is 21.4. The molecule has 9 heteroatoms. The minimum Gasteiger partial charge on any atom is -0.493 e. The molecule has 2 aromatic heterocycles. The van der Waals surface area contributed by atoms with Gasteiger partial charge in [0.25, 0.3) is 11.5 Å². The van der Waals surface area contributed by atoms with Crippen LogP contribution in [0.5, 0.6) is 11.5 Å². The summed E-state index contributed by atoms with van der Waals surface area (Å²) in [6.45, 7) is -0.196. The van der Waals surface area contributed by atoms with Gasteiger partial charge in [-0.2, -0.15) is 9.78 Å². The molecule has 160 valence electrons. The largest absolute Gasteiger partial charge is 0.493 e. The molecule has 0 radical (unpaired) electrons. The minimum absolute atomic E-state index is 0.141. The van der Waals surface area contributed by atoms with Gasteiger partial charge < -0.3 is 14.8 Å². The highest BCUT2D eigenvalue weighted by atomic mass is 16.5. The summed E-state index contributed by atoms with van der Waals surface area (Å²) in [6, 6.07) is 8.98. The SMILES string of the molecule is COc1ccccc1OCC(=O)Nc1cc(C2CC2)nn1-c1nc2c(c(=O)[nH]1)CCC2. The number of carbonyl (C=O) groups excluding carboxylic acids is 1. The van der Waals surface area contributed by atoms with E-state index in [-0.39, 0.29) is 18.1 Å². The quantitative estimate of drug-likeness (QED) is 0.606. The molecule has 0 bridgehead atoms. The van der Waals surface area contributed by atoms with Crippen molar-refractivity contribution in [1.29, 1.82) is 0 Å². The number of anilines is 1. The Morgan fingerprint density at radius 1 is 1.26 bits per heavy atom. The van der Waals surface area contributed by atoms with Crippen molar-refractivity contribution in [3.05, 3.63) is 57.6 Å². The number of methoxy groups -OCH3 is 1. The van der Waals surface area contributed by atoms with E-state index in [0.717, 1.165) is 49.1 Å². The number of nitrogens with zero attached hydrogens (tertiary/aromatic N) is 3. The molecule has 0 aliphatic heterocycles. The Morgan fingerprint density at radius 3 is 2.84 bits per heavy atom. The van der Waals surface area contributed by atoms with E-state index in [1.807, 2.05) is 18.2 Å². The summed E-state index contributed by atoms with van der Waals surface area (Å²) in [5.74, 6) is 1.84. The first-order valence-electron chi connectivity index (χ1n) is 10.4. The molecule has 5 rings (SSSR count). The Labute approximate surface area is 178 Å². The van der Waals surface area contributed by atoms with Gasteiger partial charge in [0.2, 0.25) is 5.95 Å². The van der Waals surface area contributed by atoms with Crippen LogP contribution in [-0.2, 0) is 17.6 Å². The number of benzene rings is 1. The third-order valence-electron chi connectivity index (χ3n) is 5.55. The number of nitrogens with one attached hydrogen (secondary N) is 2. The van der Waals surface area contributed by atoms with Crippen molar-refractivity contribution in [2.45, 2.75) is 38.0 Å². The van der Waals surface area contributed by atoms with Crippen LogP contribution in [0.3, 0.4) is 0 Å². The monoisotopic (exact) mass is 421 g/mol. The van der Waals surface area contributed by atoms with Gasteiger partial charge in [0.05, 0.1) is 18.5 Å². The van der Waals surface area contributed by atoms with Crippen molar-refractivity contribution >= 4 is 11.7 Å². The van der Waals surface area contributed by atoms with Gasteiger partial charge in [-0.15, -0.1) is 0 Å². The molecule has 31 heavy (non-hydrogen) atoms. The van der Waals surface area contributed by atoms with Crippen molar-refractivity contribution in [2.24, 2.45) is 0 Å². The second-order valence-electron chi connectivity index (χ2n) is 7.80. The smallest absolute Gasteiger partial charge is 0.263 e. The first-order valence-corrected chi connectivity index (χ1v) is 10.4. The van der Waals surface area contributed by atoms with Gasteiger partial charge in [0.15, 0.2) is 18.1 Å². The summed E-state index contributed by atoms with van der Waals surface area (Å²) >= 11 is 0. The van der Waals surface area contributed by atoms with E-state index in [2.05, 4.69) is 20.4 Å². The molecular weight excluding hydrogens is 398 g/mol. The number of H-pyrrole nitrogens is 1. The van der Waals surface area contributed by atoms with E-state index < -0.39 is 0 Å². The van der Waals surface area contributed by atoms with Crippen LogP contribution in [-0.4, -0.2) is 39.4 Å². The van der Waals surface area contributed by atoms with Gasteiger partial charge in [0, 0.05) is 17.5 Å². The highest BCUT2D eigenvalue weighted by Crippen LogP contribution is 2.40. The van der Waals surface area contributed by atoms with Crippen LogP contribution in [0.1, 0.15) is 42.1 Å². The maximum absolute atomic E-state index is 12.6. The molecule has 1 amide bonds. The van der Waals surface area contributed by atoms with Crippen molar-refractivity contribution < 1.29 is 14.3 Å². The fourth-order valence-corrected chi connectivity index (χ4v) is 3.82. The summed E-state index contributed by atoms with van der Waals surface area (Å²) in [6.07, 6.45) is 4.57. The molecule has 1 aromatic carbocycles. The number of fused-ring (bicyclic) bond motifs is 1. The molecule has 1 fully saturated rings. The van der Waals surface area contributed by atoms with Gasteiger partial charge in [-0.25, -0.2) is 4.98 Å². The van der Waals surface area contributed by atoms with Crippen LogP contribution < -0.4 is 20.3 Å². The maximum atomic E-state index is 12.6. The number of aromatic nitrogens is 4. The summed E-state index contributed by atoms with van der Waals surface area (Å²) in [7, 11) is 1.55. The van der Waals surface area contributed by atoms with E-state index in [4.69, 9.17) is 9.47 Å². The van der Waals surface area contributed by atoms with Crippen LogP contribution in [0.2, 0.25) is 0 Å². The molecule has 3 aromatic rings. The van der Waals surface area contributed by atoms with E-state index in [1.54, 1.807) is 19.2 Å². The topological polar surface area (TPSA) is 111 Å². The molecule has 0 saturated heterocycles.